The molecule has 4 nitrogen and oxygen atoms in total. The first-order chi connectivity index (χ1) is 10.4. The number of carbonyl (C=O) groups is 1. The summed E-state index contributed by atoms with van der Waals surface area (Å²) in [6.45, 7) is 0.595. The van der Waals surface area contributed by atoms with Gasteiger partial charge >= 0.3 is 0 Å². The van der Waals surface area contributed by atoms with Crippen LogP contribution < -0.4 is 4.90 Å². The Morgan fingerprint density at radius 3 is 2.68 bits per heavy atom. The number of carbonyl (C=O) groups excluding carboxylic acids is 1. The van der Waals surface area contributed by atoms with E-state index in [1.165, 1.54) is 12.2 Å². The second kappa shape index (κ2) is 5.35. The van der Waals surface area contributed by atoms with Crippen molar-refractivity contribution in [3.8, 4) is 0 Å². The molecule has 1 aromatic heterocycles. The fraction of sp³-hybridized carbons (Fsp3) is 0.333. The molecular formula is C15H13ClF2N2O2. The molecule has 1 aromatic rings. The molecular weight excluding hydrogens is 314 g/mol. The lowest BCUT2D eigenvalue weighted by Crippen LogP contribution is -2.28. The molecule has 116 valence electrons. The summed E-state index contributed by atoms with van der Waals surface area (Å²) in [5, 5.41) is 9.23. The predicted molar refractivity (Wildman–Crippen MR) is 79.2 cm³/mol. The summed E-state index contributed by atoms with van der Waals surface area (Å²) in [6, 6.07) is 3.44. The number of alkyl halides is 2. The summed E-state index contributed by atoms with van der Waals surface area (Å²) < 4.78 is 26.3. The summed E-state index contributed by atoms with van der Waals surface area (Å²) in [4.78, 5) is 16.3. The lowest BCUT2D eigenvalue weighted by atomic mass is 10.2. The van der Waals surface area contributed by atoms with Crippen LogP contribution >= 0.6 is 11.6 Å². The Kier molecular flexibility index (Phi) is 3.64. The van der Waals surface area contributed by atoms with Crippen molar-refractivity contribution < 1.29 is 18.7 Å². The molecule has 22 heavy (non-hydrogen) atoms. The van der Waals surface area contributed by atoms with E-state index in [1.54, 1.807) is 18.2 Å². The van der Waals surface area contributed by atoms with Gasteiger partial charge in [-0.25, -0.2) is 13.8 Å². The average molecular weight is 327 g/mol. The van der Waals surface area contributed by atoms with E-state index in [9.17, 15) is 13.6 Å². The Morgan fingerprint density at radius 1 is 1.41 bits per heavy atom. The highest BCUT2D eigenvalue weighted by molar-refractivity contribution is 6.31. The number of aldehydes is 1. The van der Waals surface area contributed by atoms with Crippen LogP contribution in [-0.2, 0) is 4.79 Å². The predicted octanol–water partition coefficient (Wildman–Crippen LogP) is 3.09. The maximum Gasteiger partial charge on any atom is 0.258 e. The minimum Gasteiger partial charge on any atom is -0.505 e. The molecule has 1 aliphatic heterocycles. The van der Waals surface area contributed by atoms with E-state index >= 15 is 0 Å². The number of allylic oxidation sites excluding steroid dienone is 3. The lowest BCUT2D eigenvalue weighted by molar-refractivity contribution is -0.106. The third-order valence-corrected chi connectivity index (χ3v) is 4.35. The van der Waals surface area contributed by atoms with Gasteiger partial charge in [-0.1, -0.05) is 23.8 Å². The van der Waals surface area contributed by atoms with Gasteiger partial charge in [0, 0.05) is 18.7 Å². The summed E-state index contributed by atoms with van der Waals surface area (Å²) in [5.41, 5.74) is 0.607. The Hall–Kier alpha value is -1.95. The summed E-state index contributed by atoms with van der Waals surface area (Å²) >= 11 is 6.07. The maximum absolute atomic E-state index is 13.2. The summed E-state index contributed by atoms with van der Waals surface area (Å²) in [7, 11) is 0. The zero-order valence-corrected chi connectivity index (χ0v) is 12.2. The molecule has 7 heteroatoms. The van der Waals surface area contributed by atoms with Gasteiger partial charge in [0.05, 0.1) is 11.8 Å². The first-order valence-electron chi connectivity index (χ1n) is 6.75. The molecule has 1 aliphatic carbocycles. The first-order valence-corrected chi connectivity index (χ1v) is 7.13. The van der Waals surface area contributed by atoms with E-state index in [0.29, 0.717) is 30.8 Å². The average Bonchev–Trinajstić information content (AvgIpc) is 2.87. The number of fused-ring (bicyclic) bond motifs is 1. The highest BCUT2D eigenvalue weighted by atomic mass is 35.5. The van der Waals surface area contributed by atoms with Gasteiger partial charge in [0.1, 0.15) is 11.0 Å². The zero-order valence-electron chi connectivity index (χ0n) is 11.4. The molecule has 0 bridgehead atoms. The van der Waals surface area contributed by atoms with E-state index in [4.69, 9.17) is 16.7 Å². The van der Waals surface area contributed by atoms with Crippen molar-refractivity contribution in [2.75, 3.05) is 18.0 Å². The van der Waals surface area contributed by atoms with Crippen LogP contribution in [0.5, 0.6) is 0 Å². The minimum absolute atomic E-state index is 0.236. The fourth-order valence-corrected chi connectivity index (χ4v) is 2.93. The van der Waals surface area contributed by atoms with Crippen LogP contribution in [0.1, 0.15) is 5.56 Å². The quantitative estimate of drug-likeness (QED) is 0.304. The molecule has 3 rings (SSSR count). The molecule has 1 N–H and O–H groups in total. The molecule has 2 atom stereocenters. The SMILES string of the molecule is O=C/C(O)=C/C=C/c1ccc(N2CC3C(C2)C3(F)F)nc1Cl. The third-order valence-electron chi connectivity index (χ3n) is 4.05. The van der Waals surface area contributed by atoms with Gasteiger partial charge < -0.3 is 10.0 Å². The van der Waals surface area contributed by atoms with E-state index in [0.717, 1.165) is 0 Å². The number of aromatic nitrogens is 1. The third kappa shape index (κ3) is 2.59. The van der Waals surface area contributed by atoms with Crippen LogP contribution in [0, 0.1) is 11.8 Å². The van der Waals surface area contributed by atoms with Gasteiger partial charge in [0.25, 0.3) is 5.92 Å². The van der Waals surface area contributed by atoms with Crippen LogP contribution in [0.3, 0.4) is 0 Å². The number of rotatable bonds is 4. The number of piperidine rings is 1. The molecule has 0 spiro atoms. The van der Waals surface area contributed by atoms with Crippen LogP contribution in [0.25, 0.3) is 6.08 Å². The number of pyridine rings is 1. The van der Waals surface area contributed by atoms with Crippen molar-refractivity contribution in [3.63, 3.8) is 0 Å². The van der Waals surface area contributed by atoms with Crippen molar-refractivity contribution in [2.24, 2.45) is 11.8 Å². The van der Waals surface area contributed by atoms with Gasteiger partial charge in [-0.15, -0.1) is 0 Å². The number of nitrogens with zero attached hydrogens (tertiary/aromatic N) is 2. The van der Waals surface area contributed by atoms with Gasteiger partial charge in [-0.05, 0) is 18.2 Å². The van der Waals surface area contributed by atoms with Crippen LogP contribution in [0.15, 0.2) is 30.0 Å². The van der Waals surface area contributed by atoms with E-state index in [2.05, 4.69) is 4.98 Å². The first kappa shape index (κ1) is 15.0. The fourth-order valence-electron chi connectivity index (χ4n) is 2.72. The van der Waals surface area contributed by atoms with Crippen molar-refractivity contribution in [3.05, 3.63) is 40.8 Å². The van der Waals surface area contributed by atoms with Gasteiger partial charge in [0.2, 0.25) is 0 Å². The van der Waals surface area contributed by atoms with Crippen molar-refractivity contribution in [2.45, 2.75) is 5.92 Å². The molecule has 0 amide bonds. The molecule has 0 radical (unpaired) electrons. The Balaban J connectivity index is 1.70. The number of aliphatic hydroxyl groups excluding tert-OH is 1. The Labute approximate surface area is 130 Å². The number of aliphatic hydroxyl groups is 1. The van der Waals surface area contributed by atoms with Gasteiger partial charge in [-0.2, -0.15) is 0 Å². The standard InChI is InChI=1S/C15H13ClF2N2O2/c16-14-9(2-1-3-10(22)8-21)4-5-13(19-14)20-6-11-12(7-20)15(11,17)18/h1-5,8,11-12,22H,6-7H2/b2-1+,10-3-. The molecule has 2 heterocycles. The normalized spacial score (nSPS) is 26.3. The minimum atomic E-state index is -2.52. The highest BCUT2D eigenvalue weighted by Gasteiger charge is 2.71. The maximum atomic E-state index is 13.2. The molecule has 2 fully saturated rings. The largest absolute Gasteiger partial charge is 0.505 e. The smallest absolute Gasteiger partial charge is 0.258 e. The van der Waals surface area contributed by atoms with Crippen molar-refractivity contribution in [1.82, 2.24) is 4.98 Å². The second-order valence-electron chi connectivity index (χ2n) is 5.41. The number of anilines is 1. The van der Waals surface area contributed by atoms with E-state index in [1.807, 2.05) is 4.90 Å². The lowest BCUT2D eigenvalue weighted by Gasteiger charge is -2.21. The highest BCUT2D eigenvalue weighted by Crippen LogP contribution is 2.59. The molecule has 2 aliphatic rings. The van der Waals surface area contributed by atoms with Gasteiger partial charge in [0.15, 0.2) is 12.0 Å². The summed E-state index contributed by atoms with van der Waals surface area (Å²) in [6.07, 6.45) is 4.61. The summed E-state index contributed by atoms with van der Waals surface area (Å²) in [5.74, 6) is -3.46. The zero-order chi connectivity index (χ0) is 15.9. The number of hydrogen-bond donors (Lipinski definition) is 1. The van der Waals surface area contributed by atoms with Crippen LogP contribution in [0.2, 0.25) is 5.15 Å². The Bertz CT molecular complexity index is 662. The Morgan fingerprint density at radius 2 is 2.09 bits per heavy atom. The monoisotopic (exact) mass is 326 g/mol. The number of hydrogen-bond acceptors (Lipinski definition) is 4. The second-order valence-corrected chi connectivity index (χ2v) is 5.77. The molecule has 2 unspecified atom stereocenters. The van der Waals surface area contributed by atoms with Crippen LogP contribution in [0.4, 0.5) is 14.6 Å². The van der Waals surface area contributed by atoms with Gasteiger partial charge in [-0.3, -0.25) is 4.79 Å². The molecule has 1 saturated heterocycles. The molecule has 0 aromatic carbocycles. The van der Waals surface area contributed by atoms with E-state index < -0.39 is 23.5 Å². The van der Waals surface area contributed by atoms with Crippen molar-refractivity contribution in [1.29, 1.82) is 0 Å². The molecule has 1 saturated carbocycles. The van der Waals surface area contributed by atoms with Crippen LogP contribution in [-0.4, -0.2) is 35.4 Å². The van der Waals surface area contributed by atoms with E-state index in [-0.39, 0.29) is 5.15 Å². The number of halogens is 3. The van der Waals surface area contributed by atoms with Crippen molar-refractivity contribution >= 4 is 29.8 Å². The topological polar surface area (TPSA) is 53.4 Å².